The van der Waals surface area contributed by atoms with Gasteiger partial charge in [-0.25, -0.2) is 0 Å². The maximum atomic E-state index is 12.0. The van der Waals surface area contributed by atoms with E-state index >= 15 is 0 Å². The highest BCUT2D eigenvalue weighted by atomic mass is 16.4. The Morgan fingerprint density at radius 2 is 1.86 bits per heavy atom. The van der Waals surface area contributed by atoms with Gasteiger partial charge in [0.15, 0.2) is 0 Å². The van der Waals surface area contributed by atoms with Gasteiger partial charge >= 0.3 is 5.97 Å². The van der Waals surface area contributed by atoms with Crippen molar-refractivity contribution in [1.82, 2.24) is 5.32 Å². The fraction of sp³-hybridized carbons (Fsp3) is 0.500. The number of carbonyl (C=O) groups is 2. The number of nitrogens with one attached hydrogen (secondary N) is 1. The number of hydrogen-bond acceptors (Lipinski definition) is 3. The van der Waals surface area contributed by atoms with Gasteiger partial charge in [0.05, 0.1) is 0 Å². The van der Waals surface area contributed by atoms with Crippen LogP contribution in [0, 0.1) is 11.8 Å². The molecule has 5 heteroatoms. The van der Waals surface area contributed by atoms with E-state index in [1.807, 2.05) is 32.0 Å². The lowest BCUT2D eigenvalue weighted by Gasteiger charge is -2.19. The average molecular weight is 292 g/mol. The molecule has 0 fully saturated rings. The van der Waals surface area contributed by atoms with E-state index in [1.54, 1.807) is 12.1 Å². The molecule has 5 nitrogen and oxygen atoms in total. The molecule has 21 heavy (non-hydrogen) atoms. The summed E-state index contributed by atoms with van der Waals surface area (Å²) in [7, 11) is 0. The molecule has 1 rings (SSSR count). The standard InChI is InChI=1S/C16H24N2O3/c1-11(2)8-12(9-14(19)20)10-18-16(21)15(17)13-6-4-3-5-7-13/h3-7,11-12,15H,8-10,17H2,1-2H3,(H,18,21)(H,19,20)/t12?,15-/m0/s1. The molecule has 1 amide bonds. The van der Waals surface area contributed by atoms with Crippen LogP contribution in [0.5, 0.6) is 0 Å². The van der Waals surface area contributed by atoms with E-state index in [9.17, 15) is 9.59 Å². The highest BCUT2D eigenvalue weighted by molar-refractivity contribution is 5.82. The third-order valence-corrected chi connectivity index (χ3v) is 3.27. The van der Waals surface area contributed by atoms with Gasteiger partial charge in [-0.15, -0.1) is 0 Å². The van der Waals surface area contributed by atoms with Crippen molar-refractivity contribution in [2.45, 2.75) is 32.7 Å². The number of carboxylic acid groups (broad SMARTS) is 1. The molecule has 116 valence electrons. The van der Waals surface area contributed by atoms with E-state index in [2.05, 4.69) is 5.32 Å². The lowest BCUT2D eigenvalue weighted by Crippen LogP contribution is -2.37. The van der Waals surface area contributed by atoms with Crippen molar-refractivity contribution in [1.29, 1.82) is 0 Å². The van der Waals surface area contributed by atoms with E-state index in [0.29, 0.717) is 12.5 Å². The zero-order chi connectivity index (χ0) is 15.8. The first kappa shape index (κ1) is 17.2. The highest BCUT2D eigenvalue weighted by Gasteiger charge is 2.19. The van der Waals surface area contributed by atoms with Crippen molar-refractivity contribution >= 4 is 11.9 Å². The first-order valence-electron chi connectivity index (χ1n) is 7.20. The smallest absolute Gasteiger partial charge is 0.303 e. The van der Waals surface area contributed by atoms with Crippen molar-refractivity contribution in [3.05, 3.63) is 35.9 Å². The summed E-state index contributed by atoms with van der Waals surface area (Å²) < 4.78 is 0. The molecule has 0 bridgehead atoms. The third kappa shape index (κ3) is 6.40. The minimum absolute atomic E-state index is 0.0546. The maximum absolute atomic E-state index is 12.0. The second kappa shape index (κ2) is 8.42. The largest absolute Gasteiger partial charge is 0.481 e. The number of nitrogens with two attached hydrogens (primary N) is 1. The first-order valence-corrected chi connectivity index (χ1v) is 7.20. The lowest BCUT2D eigenvalue weighted by atomic mass is 9.94. The van der Waals surface area contributed by atoms with Gasteiger partial charge in [-0.2, -0.15) is 0 Å². The molecule has 1 aromatic carbocycles. The number of benzene rings is 1. The molecule has 0 spiro atoms. The van der Waals surface area contributed by atoms with Crippen LogP contribution in [0.15, 0.2) is 30.3 Å². The Bertz CT molecular complexity index is 460. The molecular formula is C16H24N2O3. The average Bonchev–Trinajstić information content (AvgIpc) is 2.43. The van der Waals surface area contributed by atoms with Crippen LogP contribution in [0.25, 0.3) is 0 Å². The minimum Gasteiger partial charge on any atom is -0.481 e. The molecule has 0 aliphatic heterocycles. The Balaban J connectivity index is 2.54. The minimum atomic E-state index is -0.845. The summed E-state index contributed by atoms with van der Waals surface area (Å²) in [5.74, 6) is -0.814. The van der Waals surface area contributed by atoms with Crippen LogP contribution in [-0.2, 0) is 9.59 Å². The van der Waals surface area contributed by atoms with Gasteiger partial charge in [0.25, 0.3) is 0 Å². The molecule has 1 unspecified atom stereocenters. The molecule has 4 N–H and O–H groups in total. The molecule has 0 saturated carbocycles. The monoisotopic (exact) mass is 292 g/mol. The van der Waals surface area contributed by atoms with Gasteiger partial charge in [0.1, 0.15) is 6.04 Å². The predicted octanol–water partition coefficient (Wildman–Crippen LogP) is 1.94. The summed E-state index contributed by atoms with van der Waals surface area (Å²) in [6.07, 6.45) is 0.812. The van der Waals surface area contributed by atoms with E-state index in [4.69, 9.17) is 10.8 Å². The van der Waals surface area contributed by atoms with E-state index < -0.39 is 12.0 Å². The normalized spacial score (nSPS) is 13.7. The zero-order valence-electron chi connectivity index (χ0n) is 12.6. The van der Waals surface area contributed by atoms with E-state index in [1.165, 1.54) is 0 Å². The zero-order valence-corrected chi connectivity index (χ0v) is 12.6. The number of amides is 1. The Kier molecular flexibility index (Phi) is 6.88. The quantitative estimate of drug-likeness (QED) is 0.682. The van der Waals surface area contributed by atoms with Crippen molar-refractivity contribution in [3.63, 3.8) is 0 Å². The SMILES string of the molecule is CC(C)CC(CNC(=O)[C@@H](N)c1ccccc1)CC(=O)O. The molecule has 1 aromatic rings. The molecule has 0 radical (unpaired) electrons. The molecule has 2 atom stereocenters. The first-order chi connectivity index (χ1) is 9.90. The fourth-order valence-electron chi connectivity index (χ4n) is 2.32. The third-order valence-electron chi connectivity index (χ3n) is 3.27. The molecule has 0 heterocycles. The highest BCUT2D eigenvalue weighted by Crippen LogP contribution is 2.15. The van der Waals surface area contributed by atoms with Crippen LogP contribution in [0.3, 0.4) is 0 Å². The summed E-state index contributed by atoms with van der Waals surface area (Å²) in [6.45, 7) is 4.41. The maximum Gasteiger partial charge on any atom is 0.303 e. The number of carbonyl (C=O) groups excluding carboxylic acids is 1. The molecular weight excluding hydrogens is 268 g/mol. The van der Waals surface area contributed by atoms with Gasteiger partial charge < -0.3 is 16.2 Å². The molecule has 0 saturated heterocycles. The second-order valence-corrected chi connectivity index (χ2v) is 5.73. The molecule has 0 aliphatic rings. The Hall–Kier alpha value is -1.88. The summed E-state index contributed by atoms with van der Waals surface area (Å²) >= 11 is 0. The Morgan fingerprint density at radius 3 is 2.38 bits per heavy atom. The fourth-order valence-corrected chi connectivity index (χ4v) is 2.32. The van der Waals surface area contributed by atoms with Crippen molar-refractivity contribution in [3.8, 4) is 0 Å². The summed E-state index contributed by atoms with van der Waals surface area (Å²) in [5, 5.41) is 11.7. The summed E-state index contributed by atoms with van der Waals surface area (Å²) in [6, 6.07) is 8.39. The Labute approximate surface area is 125 Å². The van der Waals surface area contributed by atoms with Crippen molar-refractivity contribution in [2.75, 3.05) is 6.54 Å². The topological polar surface area (TPSA) is 92.4 Å². The summed E-state index contributed by atoms with van der Waals surface area (Å²) in [5.41, 5.74) is 6.64. The van der Waals surface area contributed by atoms with Gasteiger partial charge in [-0.1, -0.05) is 44.2 Å². The molecule has 0 aliphatic carbocycles. The number of aliphatic carboxylic acids is 1. The van der Waals surface area contributed by atoms with Gasteiger partial charge in [0.2, 0.25) is 5.91 Å². The van der Waals surface area contributed by atoms with Crippen LogP contribution in [0.2, 0.25) is 0 Å². The van der Waals surface area contributed by atoms with Gasteiger partial charge in [0, 0.05) is 13.0 Å². The van der Waals surface area contributed by atoms with E-state index in [0.717, 1.165) is 12.0 Å². The van der Waals surface area contributed by atoms with Crippen LogP contribution >= 0.6 is 0 Å². The Morgan fingerprint density at radius 1 is 1.24 bits per heavy atom. The number of hydrogen-bond donors (Lipinski definition) is 3. The predicted molar refractivity (Wildman–Crippen MR) is 81.6 cm³/mol. The van der Waals surface area contributed by atoms with Crippen LogP contribution in [0.4, 0.5) is 0 Å². The molecule has 0 aromatic heterocycles. The van der Waals surface area contributed by atoms with Crippen molar-refractivity contribution in [2.24, 2.45) is 17.6 Å². The number of rotatable bonds is 8. The van der Waals surface area contributed by atoms with E-state index in [-0.39, 0.29) is 18.2 Å². The van der Waals surface area contributed by atoms with Gasteiger partial charge in [-0.3, -0.25) is 9.59 Å². The summed E-state index contributed by atoms with van der Waals surface area (Å²) in [4.78, 5) is 22.9. The lowest BCUT2D eigenvalue weighted by molar-refractivity contribution is -0.138. The van der Waals surface area contributed by atoms with Crippen LogP contribution < -0.4 is 11.1 Å². The van der Waals surface area contributed by atoms with Crippen LogP contribution in [0.1, 0.15) is 38.3 Å². The number of carboxylic acids is 1. The van der Waals surface area contributed by atoms with Crippen LogP contribution in [-0.4, -0.2) is 23.5 Å². The van der Waals surface area contributed by atoms with Crippen molar-refractivity contribution < 1.29 is 14.7 Å². The second-order valence-electron chi connectivity index (χ2n) is 5.73. The van der Waals surface area contributed by atoms with Gasteiger partial charge in [-0.05, 0) is 23.8 Å².